The van der Waals surface area contributed by atoms with Crippen LogP contribution in [-0.2, 0) is 6.54 Å². The van der Waals surface area contributed by atoms with E-state index >= 15 is 0 Å². The van der Waals surface area contributed by atoms with Crippen LogP contribution >= 0.6 is 23.8 Å². The van der Waals surface area contributed by atoms with E-state index in [1.165, 1.54) is 32.1 Å². The molecule has 0 bridgehead atoms. The molecule has 0 radical (unpaired) electrons. The van der Waals surface area contributed by atoms with Gasteiger partial charge in [-0.05, 0) is 44.1 Å². The summed E-state index contributed by atoms with van der Waals surface area (Å²) in [4.78, 5) is 12.4. The van der Waals surface area contributed by atoms with Crippen molar-refractivity contribution in [2.24, 2.45) is 5.92 Å². The number of hydrogen-bond acceptors (Lipinski definition) is 2. The molecule has 2 atom stereocenters. The lowest BCUT2D eigenvalue weighted by molar-refractivity contribution is -0.158. The second kappa shape index (κ2) is 16.9. The minimum absolute atomic E-state index is 0.0922. The van der Waals surface area contributed by atoms with Crippen LogP contribution < -0.4 is 0 Å². The van der Waals surface area contributed by atoms with Gasteiger partial charge in [0.15, 0.2) is 0 Å². The van der Waals surface area contributed by atoms with Crippen molar-refractivity contribution in [2.45, 2.75) is 95.8 Å². The average Bonchev–Trinajstić information content (AvgIpc) is 2.78. The lowest BCUT2D eigenvalue weighted by Crippen LogP contribution is -2.40. The van der Waals surface area contributed by atoms with Crippen LogP contribution in [0, 0.1) is 5.92 Å². The highest BCUT2D eigenvalue weighted by Gasteiger charge is 2.44. The Balaban J connectivity index is 2.52. The smallest absolute Gasteiger partial charge is 0.408 e. The van der Waals surface area contributed by atoms with Crippen molar-refractivity contribution in [1.82, 2.24) is 4.90 Å². The maximum Gasteiger partial charge on any atom is 0.408 e. The summed E-state index contributed by atoms with van der Waals surface area (Å²) in [6, 6.07) is 8.63. The van der Waals surface area contributed by atoms with Crippen molar-refractivity contribution in [3.8, 4) is 0 Å². The molecule has 192 valence electrons. The Kier molecular flexibility index (Phi) is 15.2. The molecule has 0 aliphatic carbocycles. The summed E-state index contributed by atoms with van der Waals surface area (Å²) < 4.78 is 41.2. The number of amides is 1. The van der Waals surface area contributed by atoms with Crippen molar-refractivity contribution in [1.29, 1.82) is 0 Å². The van der Waals surface area contributed by atoms with Gasteiger partial charge in [-0.1, -0.05) is 105 Å². The van der Waals surface area contributed by atoms with Gasteiger partial charge in [0, 0.05) is 4.86 Å². The Labute approximate surface area is 212 Å². The highest BCUT2D eigenvalue weighted by molar-refractivity contribution is 7.80. The number of carbonyl (C=O) groups is 1. The first-order chi connectivity index (χ1) is 16.2. The van der Waals surface area contributed by atoms with Gasteiger partial charge in [0.25, 0.3) is 0 Å². The van der Waals surface area contributed by atoms with Crippen LogP contribution in [-0.4, -0.2) is 32.6 Å². The van der Waals surface area contributed by atoms with E-state index < -0.39 is 30.1 Å². The van der Waals surface area contributed by atoms with E-state index in [2.05, 4.69) is 13.0 Å². The summed E-state index contributed by atoms with van der Waals surface area (Å²) in [6.07, 6.45) is 7.26. The Morgan fingerprint density at radius 2 is 1.65 bits per heavy atom. The molecule has 0 aromatic heterocycles. The minimum atomic E-state index is -4.57. The molecule has 8 heteroatoms. The SMILES string of the molecule is CCCCCCCC/C=C\CCCC(=S)C(CC(Cl)N(Cc1ccccc1)C(=O)O)C(F)(F)F. The zero-order chi connectivity index (χ0) is 25.4. The molecule has 1 rings (SSSR count). The van der Waals surface area contributed by atoms with Gasteiger partial charge < -0.3 is 5.11 Å². The first-order valence-corrected chi connectivity index (χ1v) is 12.9. The molecule has 0 heterocycles. The molecule has 1 aromatic carbocycles. The summed E-state index contributed by atoms with van der Waals surface area (Å²) in [5.74, 6) is -1.92. The molecule has 0 spiro atoms. The molecule has 1 N–H and O–H groups in total. The molecule has 2 unspecified atom stereocenters. The van der Waals surface area contributed by atoms with Crippen molar-refractivity contribution in [2.75, 3.05) is 0 Å². The summed E-state index contributed by atoms with van der Waals surface area (Å²) >= 11 is 11.3. The maximum absolute atomic E-state index is 13.7. The summed E-state index contributed by atoms with van der Waals surface area (Å²) in [7, 11) is 0. The number of alkyl halides is 4. The van der Waals surface area contributed by atoms with Crippen LogP contribution in [0.1, 0.15) is 83.1 Å². The van der Waals surface area contributed by atoms with Crippen LogP contribution in [0.25, 0.3) is 0 Å². The van der Waals surface area contributed by atoms with E-state index in [4.69, 9.17) is 23.8 Å². The van der Waals surface area contributed by atoms with E-state index in [1.807, 2.05) is 6.08 Å². The normalized spacial score (nSPS) is 13.7. The first kappa shape index (κ1) is 30.4. The number of thiocarbonyl (C=S) groups is 1. The first-order valence-electron chi connectivity index (χ1n) is 12.1. The third-order valence-corrected chi connectivity index (χ3v) is 6.58. The van der Waals surface area contributed by atoms with Gasteiger partial charge in [-0.25, -0.2) is 4.79 Å². The van der Waals surface area contributed by atoms with Crippen molar-refractivity contribution < 1.29 is 23.1 Å². The average molecular weight is 520 g/mol. The zero-order valence-electron chi connectivity index (χ0n) is 19.9. The number of hydrogen-bond donors (Lipinski definition) is 1. The third kappa shape index (κ3) is 12.7. The second-order valence-electron chi connectivity index (χ2n) is 8.55. The van der Waals surface area contributed by atoms with Gasteiger partial charge in [0.05, 0.1) is 12.5 Å². The topological polar surface area (TPSA) is 40.5 Å². The van der Waals surface area contributed by atoms with Gasteiger partial charge in [-0.3, -0.25) is 4.90 Å². The van der Waals surface area contributed by atoms with E-state index in [1.54, 1.807) is 30.3 Å². The fourth-order valence-electron chi connectivity index (χ4n) is 3.68. The number of rotatable bonds is 17. The van der Waals surface area contributed by atoms with E-state index in [9.17, 15) is 23.1 Å². The summed E-state index contributed by atoms with van der Waals surface area (Å²) in [6.45, 7) is 2.10. The van der Waals surface area contributed by atoms with Gasteiger partial charge in [-0.15, -0.1) is 0 Å². The van der Waals surface area contributed by atoms with Gasteiger partial charge in [-0.2, -0.15) is 13.2 Å². The lowest BCUT2D eigenvalue weighted by atomic mass is 9.96. The highest BCUT2D eigenvalue weighted by Crippen LogP contribution is 2.35. The van der Waals surface area contributed by atoms with Crippen LogP contribution in [0.2, 0.25) is 0 Å². The van der Waals surface area contributed by atoms with Crippen LogP contribution in [0.5, 0.6) is 0 Å². The summed E-state index contributed by atoms with van der Waals surface area (Å²) in [5.41, 5.74) is -0.700. The monoisotopic (exact) mass is 519 g/mol. The predicted molar refractivity (Wildman–Crippen MR) is 137 cm³/mol. The van der Waals surface area contributed by atoms with Gasteiger partial charge in [0.1, 0.15) is 5.50 Å². The van der Waals surface area contributed by atoms with E-state index in [0.29, 0.717) is 18.4 Å². The predicted octanol–water partition coefficient (Wildman–Crippen LogP) is 9.15. The Hall–Kier alpha value is -1.60. The second-order valence-corrected chi connectivity index (χ2v) is 9.57. The number of nitrogens with zero attached hydrogens (tertiary/aromatic N) is 1. The fourth-order valence-corrected chi connectivity index (χ4v) is 4.39. The van der Waals surface area contributed by atoms with Crippen LogP contribution in [0.4, 0.5) is 18.0 Å². The molecule has 1 aromatic rings. The third-order valence-electron chi connectivity index (χ3n) is 5.68. The summed E-state index contributed by atoms with van der Waals surface area (Å²) in [5, 5.41) is 9.49. The molecule has 0 saturated heterocycles. The lowest BCUT2D eigenvalue weighted by Gasteiger charge is -2.29. The molecular weight excluding hydrogens is 483 g/mol. The standard InChI is InChI=1S/C26H37ClF3NO2S/c1-2-3-4-5-6-7-8-9-10-11-15-18-23(34)22(26(28,29)30)19-24(27)31(25(32)33)20-21-16-13-12-14-17-21/h9-10,12-14,16-17,22,24H,2-8,11,15,18-20H2,1H3,(H,32,33)/b10-9-. The molecule has 34 heavy (non-hydrogen) atoms. The van der Waals surface area contributed by atoms with E-state index in [0.717, 1.165) is 17.7 Å². The van der Waals surface area contributed by atoms with Crippen molar-refractivity contribution in [3.05, 3.63) is 48.0 Å². The minimum Gasteiger partial charge on any atom is -0.465 e. The quantitative estimate of drug-likeness (QED) is 0.0733. The molecular formula is C26H37ClF3NO2S. The molecule has 0 aliphatic rings. The zero-order valence-corrected chi connectivity index (χ0v) is 21.5. The number of unbranched alkanes of at least 4 members (excludes halogenated alkanes) is 7. The largest absolute Gasteiger partial charge is 0.465 e. The number of benzene rings is 1. The van der Waals surface area contributed by atoms with Gasteiger partial charge in [0.2, 0.25) is 0 Å². The Morgan fingerprint density at radius 3 is 2.24 bits per heavy atom. The molecule has 0 aliphatic heterocycles. The van der Waals surface area contributed by atoms with E-state index in [-0.39, 0.29) is 17.8 Å². The van der Waals surface area contributed by atoms with Crippen LogP contribution in [0.3, 0.4) is 0 Å². The molecule has 0 saturated carbocycles. The van der Waals surface area contributed by atoms with Gasteiger partial charge >= 0.3 is 12.3 Å². The highest BCUT2D eigenvalue weighted by atomic mass is 35.5. The number of allylic oxidation sites excluding steroid dienone is 2. The Morgan fingerprint density at radius 1 is 1.06 bits per heavy atom. The number of carboxylic acid groups (broad SMARTS) is 1. The van der Waals surface area contributed by atoms with Crippen molar-refractivity contribution >= 4 is 34.8 Å². The van der Waals surface area contributed by atoms with Crippen molar-refractivity contribution in [3.63, 3.8) is 0 Å². The molecule has 0 fully saturated rings. The number of halogens is 4. The van der Waals surface area contributed by atoms with Crippen LogP contribution in [0.15, 0.2) is 42.5 Å². The fraction of sp³-hybridized carbons (Fsp3) is 0.615. The Bertz CT molecular complexity index is 743. The molecule has 3 nitrogen and oxygen atoms in total. The molecule has 1 amide bonds. The maximum atomic E-state index is 13.7.